The molecule has 2 aromatic carbocycles. The number of halogens is 2. The van der Waals surface area contributed by atoms with Crippen LogP contribution < -0.4 is 14.8 Å². The molecule has 0 saturated carbocycles. The lowest BCUT2D eigenvalue weighted by Gasteiger charge is -2.38. The average Bonchev–Trinajstić information content (AvgIpc) is 3.48. The zero-order valence-corrected chi connectivity index (χ0v) is 22.8. The molecule has 0 aliphatic carbocycles. The van der Waals surface area contributed by atoms with Gasteiger partial charge < -0.3 is 19.9 Å². The molecule has 10 heteroatoms. The number of amides is 1. The molecule has 2 aliphatic heterocycles. The number of carbonyl (C=O) groups excluding carboxylic acids is 1. The number of para-hydroxylation sites is 1. The Balaban J connectivity index is 1.35. The number of pyridine rings is 1. The summed E-state index contributed by atoms with van der Waals surface area (Å²) in [5.74, 6) is -0.416. The van der Waals surface area contributed by atoms with Gasteiger partial charge in [0, 0.05) is 29.4 Å². The molecule has 0 fully saturated rings. The summed E-state index contributed by atoms with van der Waals surface area (Å²) in [5.41, 5.74) is 0.794. The van der Waals surface area contributed by atoms with E-state index in [1.165, 1.54) is 17.4 Å². The number of fused-ring (bicyclic) bond motifs is 1. The fourth-order valence-corrected chi connectivity index (χ4v) is 6.67. The number of rotatable bonds is 6. The summed E-state index contributed by atoms with van der Waals surface area (Å²) in [4.78, 5) is 19.1. The van der Waals surface area contributed by atoms with Crippen molar-refractivity contribution in [2.24, 2.45) is 0 Å². The highest BCUT2D eigenvalue weighted by molar-refractivity contribution is 8.04. The van der Waals surface area contributed by atoms with Crippen LogP contribution in [0.2, 0.25) is 5.02 Å². The fraction of sp³-hybridized carbons (Fsp3) is 0.172. The molecular formula is C29H22ClFN2O4S2. The summed E-state index contributed by atoms with van der Waals surface area (Å²) in [6, 6.07) is 19.1. The van der Waals surface area contributed by atoms with E-state index in [1.54, 1.807) is 48.5 Å². The van der Waals surface area contributed by atoms with Gasteiger partial charge in [-0.1, -0.05) is 53.7 Å². The second-order valence-electron chi connectivity index (χ2n) is 9.12. The van der Waals surface area contributed by atoms with E-state index in [0.29, 0.717) is 40.1 Å². The van der Waals surface area contributed by atoms with Crippen molar-refractivity contribution < 1.29 is 23.8 Å². The number of thiophene rings is 1. The minimum absolute atomic E-state index is 0.0585. The molecule has 4 heterocycles. The van der Waals surface area contributed by atoms with Gasteiger partial charge in [-0.05, 0) is 46.7 Å². The first kappa shape index (κ1) is 25.7. The van der Waals surface area contributed by atoms with E-state index in [0.717, 1.165) is 17.3 Å². The second-order valence-corrected chi connectivity index (χ2v) is 11.4. The number of aromatic nitrogens is 1. The van der Waals surface area contributed by atoms with Crippen LogP contribution in [0.4, 0.5) is 4.39 Å². The largest absolute Gasteiger partial charge is 0.511 e. The van der Waals surface area contributed by atoms with Gasteiger partial charge in [0.25, 0.3) is 5.91 Å². The van der Waals surface area contributed by atoms with Crippen molar-refractivity contribution in [2.45, 2.75) is 29.4 Å². The summed E-state index contributed by atoms with van der Waals surface area (Å²) in [7, 11) is 0. The van der Waals surface area contributed by atoms with Crippen molar-refractivity contribution in [3.63, 3.8) is 0 Å². The van der Waals surface area contributed by atoms with E-state index in [1.807, 2.05) is 22.9 Å². The van der Waals surface area contributed by atoms with Gasteiger partial charge in [-0.15, -0.1) is 0 Å². The smallest absolute Gasteiger partial charge is 0.262 e. The van der Waals surface area contributed by atoms with Crippen LogP contribution in [0.1, 0.15) is 35.8 Å². The van der Waals surface area contributed by atoms with Crippen LogP contribution in [-0.2, 0) is 10.3 Å². The molecule has 6 rings (SSSR count). The lowest BCUT2D eigenvalue weighted by Crippen LogP contribution is -2.50. The van der Waals surface area contributed by atoms with Gasteiger partial charge >= 0.3 is 0 Å². The van der Waals surface area contributed by atoms with E-state index in [2.05, 4.69) is 5.32 Å². The van der Waals surface area contributed by atoms with E-state index in [9.17, 15) is 14.3 Å². The number of aliphatic hydroxyl groups is 1. The van der Waals surface area contributed by atoms with Crippen LogP contribution in [0.25, 0.3) is 0 Å². The van der Waals surface area contributed by atoms with Crippen LogP contribution in [0, 0.1) is 5.82 Å². The summed E-state index contributed by atoms with van der Waals surface area (Å²) in [6.45, 7) is 0.317. The molecule has 2 unspecified atom stereocenters. The van der Waals surface area contributed by atoms with Crippen LogP contribution in [-0.4, -0.2) is 22.6 Å². The van der Waals surface area contributed by atoms with E-state index >= 15 is 0 Å². The van der Waals surface area contributed by atoms with Crippen molar-refractivity contribution in [1.29, 1.82) is 0 Å². The SMILES string of the molecule is O=C1NC(c2ccsc2)(c2cccc(OC3CCOc4c(F)cccc43)n2)CC(O)=C1Sc1ccccc1Cl. The molecule has 2 aromatic heterocycles. The second kappa shape index (κ2) is 10.6. The highest BCUT2D eigenvalue weighted by atomic mass is 35.5. The summed E-state index contributed by atoms with van der Waals surface area (Å²) >= 11 is 8.90. The minimum atomic E-state index is -1.12. The third-order valence-corrected chi connectivity index (χ3v) is 9.01. The lowest BCUT2D eigenvalue weighted by atomic mass is 9.82. The maximum Gasteiger partial charge on any atom is 0.262 e. The van der Waals surface area contributed by atoms with Gasteiger partial charge in [-0.2, -0.15) is 11.3 Å². The number of nitrogens with one attached hydrogen (secondary N) is 1. The van der Waals surface area contributed by atoms with Crippen molar-refractivity contribution in [3.8, 4) is 11.6 Å². The van der Waals surface area contributed by atoms with Gasteiger partial charge in [0.2, 0.25) is 5.88 Å². The Morgan fingerprint density at radius 1 is 1.15 bits per heavy atom. The van der Waals surface area contributed by atoms with Crippen molar-refractivity contribution in [2.75, 3.05) is 6.61 Å². The van der Waals surface area contributed by atoms with Gasteiger partial charge in [0.15, 0.2) is 11.6 Å². The molecule has 6 nitrogen and oxygen atoms in total. The van der Waals surface area contributed by atoms with Gasteiger partial charge in [-0.25, -0.2) is 9.37 Å². The molecule has 1 amide bonds. The summed E-state index contributed by atoms with van der Waals surface area (Å²) in [6.07, 6.45) is 0.169. The number of thioether (sulfide) groups is 1. The number of hydrogen-bond acceptors (Lipinski definition) is 7. The number of benzene rings is 2. The third kappa shape index (κ3) is 4.86. The predicted molar refractivity (Wildman–Crippen MR) is 149 cm³/mol. The average molecular weight is 581 g/mol. The maximum absolute atomic E-state index is 14.3. The number of nitrogens with zero attached hydrogens (tertiary/aromatic N) is 1. The molecule has 0 spiro atoms. The van der Waals surface area contributed by atoms with Gasteiger partial charge in [0.05, 0.1) is 17.3 Å². The number of ether oxygens (including phenoxy) is 2. The van der Waals surface area contributed by atoms with E-state index in [-0.39, 0.29) is 22.8 Å². The third-order valence-electron chi connectivity index (χ3n) is 6.69. The van der Waals surface area contributed by atoms with Crippen molar-refractivity contribution >= 4 is 40.6 Å². The predicted octanol–water partition coefficient (Wildman–Crippen LogP) is 7.16. The lowest BCUT2D eigenvalue weighted by molar-refractivity contribution is -0.119. The molecule has 4 aromatic rings. The Labute approximate surface area is 237 Å². The molecule has 198 valence electrons. The summed E-state index contributed by atoms with van der Waals surface area (Å²) in [5, 5.41) is 18.6. The highest BCUT2D eigenvalue weighted by Crippen LogP contribution is 2.44. The monoisotopic (exact) mass is 580 g/mol. The number of hydrogen-bond donors (Lipinski definition) is 2. The zero-order chi connectivity index (χ0) is 27.0. The molecule has 0 radical (unpaired) electrons. The van der Waals surface area contributed by atoms with E-state index in [4.69, 9.17) is 26.1 Å². The minimum Gasteiger partial charge on any atom is -0.511 e. The van der Waals surface area contributed by atoms with Crippen molar-refractivity contribution in [3.05, 3.63) is 116 Å². The molecule has 39 heavy (non-hydrogen) atoms. The first-order valence-corrected chi connectivity index (χ1v) is 14.3. The first-order chi connectivity index (χ1) is 18.9. The zero-order valence-electron chi connectivity index (χ0n) is 20.4. The molecule has 2 atom stereocenters. The summed E-state index contributed by atoms with van der Waals surface area (Å²) < 4.78 is 26.1. The van der Waals surface area contributed by atoms with Gasteiger partial charge in [0.1, 0.15) is 22.3 Å². The highest BCUT2D eigenvalue weighted by Gasteiger charge is 2.44. The molecule has 0 saturated heterocycles. The number of aliphatic hydroxyl groups excluding tert-OH is 1. The molecule has 2 aliphatic rings. The maximum atomic E-state index is 14.3. The first-order valence-electron chi connectivity index (χ1n) is 12.2. The Morgan fingerprint density at radius 3 is 2.79 bits per heavy atom. The molecule has 2 N–H and O–H groups in total. The van der Waals surface area contributed by atoms with Crippen molar-refractivity contribution in [1.82, 2.24) is 10.3 Å². The fourth-order valence-electron chi connectivity index (χ4n) is 4.83. The standard InChI is InChI=1S/C29H22ClFN2O4S2/c30-19-6-1-2-8-23(19)39-27-21(34)15-29(33-28(27)35,17-12-14-38-16-17)24-9-4-10-25(32-24)37-22-11-13-36-26-18(22)5-3-7-20(26)31/h1-10,12,14,16,22,34H,11,13,15H2,(H,33,35). The molecular weight excluding hydrogens is 559 g/mol. The Morgan fingerprint density at radius 2 is 2.00 bits per heavy atom. The van der Waals surface area contributed by atoms with Crippen LogP contribution >= 0.6 is 34.7 Å². The topological polar surface area (TPSA) is 80.7 Å². The van der Waals surface area contributed by atoms with Gasteiger partial charge in [-0.3, -0.25) is 4.79 Å². The van der Waals surface area contributed by atoms with Crippen LogP contribution in [0.5, 0.6) is 11.6 Å². The van der Waals surface area contributed by atoms with E-state index < -0.39 is 23.4 Å². The molecule has 0 bridgehead atoms. The number of carbonyl (C=O) groups is 1. The normalized spacial score (nSPS) is 20.7. The Hall–Kier alpha value is -3.53. The van der Waals surface area contributed by atoms with Crippen LogP contribution in [0.15, 0.2) is 93.0 Å². The quantitative estimate of drug-likeness (QED) is 0.252. The Bertz CT molecular complexity index is 1580. The Kier molecular flexibility index (Phi) is 6.97. The van der Waals surface area contributed by atoms with Crippen LogP contribution in [0.3, 0.4) is 0 Å².